The number of aromatic hydroxyl groups is 8. The molecule has 12 N–H and O–H groups in total. The van der Waals surface area contributed by atoms with Crippen LogP contribution in [0.25, 0.3) is 0 Å². The molecule has 276 valence electrons. The van der Waals surface area contributed by atoms with Crippen molar-refractivity contribution in [1.29, 1.82) is 0 Å². The maximum atomic E-state index is 12.0. The van der Waals surface area contributed by atoms with Crippen molar-refractivity contribution in [2.75, 3.05) is 0 Å². The summed E-state index contributed by atoms with van der Waals surface area (Å²) >= 11 is 0. The van der Waals surface area contributed by atoms with E-state index in [2.05, 4.69) is 0 Å². The van der Waals surface area contributed by atoms with Gasteiger partial charge in [-0.2, -0.15) is 0 Å². The third kappa shape index (κ3) is 5.84. The molecule has 7 rings (SSSR count). The molecular formula is C36H36O16. The lowest BCUT2D eigenvalue weighted by atomic mass is 9.77. The molecule has 4 aromatic carbocycles. The van der Waals surface area contributed by atoms with E-state index < -0.39 is 107 Å². The zero-order chi connectivity index (χ0) is 37.3. The first-order valence-electron chi connectivity index (χ1n) is 16.2. The Labute approximate surface area is 294 Å². The summed E-state index contributed by atoms with van der Waals surface area (Å²) in [6.45, 7) is 1.46. The second kappa shape index (κ2) is 13.0. The van der Waals surface area contributed by atoms with Crippen molar-refractivity contribution in [3.63, 3.8) is 0 Å². The average molecular weight is 725 g/mol. The number of aliphatic hydroxyl groups is 4. The van der Waals surface area contributed by atoms with E-state index in [1.54, 1.807) is 0 Å². The van der Waals surface area contributed by atoms with Gasteiger partial charge in [-0.3, -0.25) is 0 Å². The lowest BCUT2D eigenvalue weighted by molar-refractivity contribution is -0.310. The number of phenols is 8. The van der Waals surface area contributed by atoms with Gasteiger partial charge in [-0.05, 0) is 42.3 Å². The number of phenolic OH excluding ortho intramolecular Hbond substituents is 8. The molecule has 0 saturated carbocycles. The van der Waals surface area contributed by atoms with Crippen LogP contribution in [0.2, 0.25) is 0 Å². The van der Waals surface area contributed by atoms with Gasteiger partial charge < -0.3 is 80.2 Å². The molecule has 3 heterocycles. The third-order valence-corrected chi connectivity index (χ3v) is 9.77. The molecule has 1 fully saturated rings. The SMILES string of the molecule is CC1OC(OC2Cc3c(O)cc(O)c(C4c5c(O)cc(O)cc5OC(c5ccc(O)c(O)c5)C4O)c3OC2c2ccc(O)c(O)c2)C(O)C(O)C1O. The van der Waals surface area contributed by atoms with E-state index in [-0.39, 0.29) is 45.7 Å². The van der Waals surface area contributed by atoms with Gasteiger partial charge in [0, 0.05) is 41.3 Å². The summed E-state index contributed by atoms with van der Waals surface area (Å²) in [4.78, 5) is 0. The van der Waals surface area contributed by atoms with E-state index in [4.69, 9.17) is 18.9 Å². The van der Waals surface area contributed by atoms with Gasteiger partial charge in [-0.1, -0.05) is 12.1 Å². The number of hydrogen-bond donors (Lipinski definition) is 12. The zero-order valence-corrected chi connectivity index (χ0v) is 27.2. The average Bonchev–Trinajstić information content (AvgIpc) is 3.09. The van der Waals surface area contributed by atoms with E-state index in [0.29, 0.717) is 0 Å². The van der Waals surface area contributed by atoms with Gasteiger partial charge in [0.25, 0.3) is 0 Å². The number of fused-ring (bicyclic) bond motifs is 2. The quantitative estimate of drug-likeness (QED) is 0.131. The molecule has 0 bridgehead atoms. The highest BCUT2D eigenvalue weighted by atomic mass is 16.7. The summed E-state index contributed by atoms with van der Waals surface area (Å²) in [5, 5.41) is 128. The van der Waals surface area contributed by atoms with Crippen LogP contribution in [0.5, 0.6) is 57.5 Å². The molecule has 16 nitrogen and oxygen atoms in total. The van der Waals surface area contributed by atoms with Crippen LogP contribution in [0.1, 0.15) is 52.9 Å². The van der Waals surface area contributed by atoms with Crippen LogP contribution in [0.15, 0.2) is 54.6 Å². The zero-order valence-electron chi connectivity index (χ0n) is 27.2. The highest BCUT2D eigenvalue weighted by Gasteiger charge is 2.49. The van der Waals surface area contributed by atoms with Gasteiger partial charge in [0.15, 0.2) is 41.5 Å². The van der Waals surface area contributed by atoms with E-state index in [1.165, 1.54) is 43.3 Å². The third-order valence-electron chi connectivity index (χ3n) is 9.77. The first-order valence-corrected chi connectivity index (χ1v) is 16.2. The molecule has 16 heteroatoms. The maximum absolute atomic E-state index is 12.0. The fraction of sp³-hybridized carbons (Fsp3) is 0.333. The Hall–Kier alpha value is -5.36. The van der Waals surface area contributed by atoms with Crippen LogP contribution in [-0.2, 0) is 15.9 Å². The molecule has 3 aliphatic heterocycles. The van der Waals surface area contributed by atoms with Gasteiger partial charge in [0.1, 0.15) is 65.0 Å². The van der Waals surface area contributed by atoms with Gasteiger partial charge in [0.05, 0.1) is 12.0 Å². The van der Waals surface area contributed by atoms with Crippen LogP contribution >= 0.6 is 0 Å². The molecule has 10 atom stereocenters. The minimum absolute atomic E-state index is 0.0216. The Morgan fingerprint density at radius 2 is 1.19 bits per heavy atom. The summed E-state index contributed by atoms with van der Waals surface area (Å²) in [5.41, 5.74) is 0.123. The second-order valence-electron chi connectivity index (χ2n) is 13.1. The molecule has 4 aromatic rings. The standard InChI is InChI=1S/C36H36O16/c1-12-29(45)31(47)32(48)36(49-12)51-25-10-16-19(40)11-23(44)27(35(16)52-33(25)13-2-4-17(38)20(41)6-13)28-26-22(43)8-15(37)9-24(26)50-34(30(28)46)14-3-5-18(39)21(42)7-14/h2-9,11-12,25,28-34,36-48H,10H2,1H3. The molecule has 52 heavy (non-hydrogen) atoms. The van der Waals surface area contributed by atoms with Crippen molar-refractivity contribution in [2.45, 2.75) is 74.4 Å². The van der Waals surface area contributed by atoms with Crippen molar-refractivity contribution < 1.29 is 80.2 Å². The predicted molar refractivity (Wildman–Crippen MR) is 175 cm³/mol. The minimum atomic E-state index is -1.73. The van der Waals surface area contributed by atoms with Crippen LogP contribution in [0, 0.1) is 0 Å². The molecule has 1 saturated heterocycles. The summed E-state index contributed by atoms with van der Waals surface area (Å²) in [6, 6.07) is 10.6. The molecule has 0 radical (unpaired) electrons. The van der Waals surface area contributed by atoms with Crippen molar-refractivity contribution in [2.24, 2.45) is 0 Å². The Morgan fingerprint density at radius 3 is 1.83 bits per heavy atom. The van der Waals surface area contributed by atoms with Crippen LogP contribution in [0.3, 0.4) is 0 Å². The molecule has 0 amide bonds. The fourth-order valence-corrected chi connectivity index (χ4v) is 7.11. The van der Waals surface area contributed by atoms with Gasteiger partial charge in [-0.25, -0.2) is 0 Å². The summed E-state index contributed by atoms with van der Waals surface area (Å²) < 4.78 is 24.3. The predicted octanol–water partition coefficient (Wildman–Crippen LogP) is 1.85. The van der Waals surface area contributed by atoms with Crippen LogP contribution < -0.4 is 9.47 Å². The van der Waals surface area contributed by atoms with E-state index >= 15 is 0 Å². The van der Waals surface area contributed by atoms with Crippen molar-refractivity contribution in [3.05, 3.63) is 82.4 Å². The van der Waals surface area contributed by atoms with Gasteiger partial charge >= 0.3 is 0 Å². The minimum Gasteiger partial charge on any atom is -0.508 e. The van der Waals surface area contributed by atoms with Gasteiger partial charge in [0.2, 0.25) is 0 Å². The number of benzene rings is 4. The smallest absolute Gasteiger partial charge is 0.187 e. The van der Waals surface area contributed by atoms with Gasteiger partial charge in [-0.15, -0.1) is 0 Å². The highest BCUT2D eigenvalue weighted by Crippen LogP contribution is 2.57. The maximum Gasteiger partial charge on any atom is 0.187 e. The normalized spacial score (nSPS) is 29.7. The summed E-state index contributed by atoms with van der Waals surface area (Å²) in [5.74, 6) is -5.75. The highest BCUT2D eigenvalue weighted by molar-refractivity contribution is 5.66. The number of rotatable bonds is 5. The largest absolute Gasteiger partial charge is 0.508 e. The molecule has 0 aliphatic carbocycles. The number of aliphatic hydroxyl groups excluding tert-OH is 4. The Bertz CT molecular complexity index is 2020. The first-order chi connectivity index (χ1) is 24.6. The molecule has 3 aliphatic rings. The Morgan fingerprint density at radius 1 is 0.577 bits per heavy atom. The Balaban J connectivity index is 1.38. The first kappa shape index (κ1) is 35.1. The molecule has 0 aromatic heterocycles. The fourth-order valence-electron chi connectivity index (χ4n) is 7.11. The molecule has 0 spiro atoms. The lowest BCUT2D eigenvalue weighted by Gasteiger charge is -2.43. The van der Waals surface area contributed by atoms with E-state index in [1.807, 2.05) is 0 Å². The van der Waals surface area contributed by atoms with E-state index in [9.17, 15) is 61.3 Å². The van der Waals surface area contributed by atoms with Crippen LogP contribution in [-0.4, -0.2) is 104 Å². The number of hydrogen-bond acceptors (Lipinski definition) is 16. The second-order valence-corrected chi connectivity index (χ2v) is 13.1. The topological polar surface area (TPSA) is 280 Å². The number of ether oxygens (including phenoxy) is 4. The monoisotopic (exact) mass is 724 g/mol. The lowest BCUT2D eigenvalue weighted by Crippen LogP contribution is -2.58. The molecule has 10 unspecified atom stereocenters. The Kier molecular flexibility index (Phi) is 8.77. The van der Waals surface area contributed by atoms with Crippen molar-refractivity contribution >= 4 is 0 Å². The summed E-state index contributed by atoms with van der Waals surface area (Å²) in [7, 11) is 0. The molecular weight excluding hydrogens is 688 g/mol. The van der Waals surface area contributed by atoms with Crippen molar-refractivity contribution in [3.8, 4) is 57.5 Å². The van der Waals surface area contributed by atoms with Crippen molar-refractivity contribution in [1.82, 2.24) is 0 Å². The summed E-state index contributed by atoms with van der Waals surface area (Å²) in [6.07, 6.45) is -13.0. The van der Waals surface area contributed by atoms with E-state index in [0.717, 1.165) is 18.2 Å². The van der Waals surface area contributed by atoms with Crippen LogP contribution in [0.4, 0.5) is 0 Å².